The van der Waals surface area contributed by atoms with Crippen molar-refractivity contribution in [3.05, 3.63) is 23.2 Å². The van der Waals surface area contributed by atoms with Crippen LogP contribution in [0.15, 0.2) is 31.8 Å². The highest BCUT2D eigenvalue weighted by Gasteiger charge is 2.13. The van der Waals surface area contributed by atoms with Crippen molar-refractivity contribution in [1.29, 1.82) is 0 Å². The van der Waals surface area contributed by atoms with E-state index in [2.05, 4.69) is 15.2 Å². The number of rotatable bonds is 5. The van der Waals surface area contributed by atoms with Gasteiger partial charge < -0.3 is 5.11 Å². The van der Waals surface area contributed by atoms with E-state index < -0.39 is 9.84 Å². The number of aliphatic hydroxyl groups excluding tert-OH is 1. The second-order valence-electron chi connectivity index (χ2n) is 4.42. The Labute approximate surface area is 139 Å². The van der Waals surface area contributed by atoms with Crippen molar-refractivity contribution in [2.24, 2.45) is 0 Å². The molecule has 0 radical (unpaired) electrons. The molecule has 6 nitrogen and oxygen atoms in total. The first-order chi connectivity index (χ1) is 10.5. The largest absolute Gasteiger partial charge is 0.396 e. The highest BCUT2D eigenvalue weighted by molar-refractivity contribution is 8.02. The molecule has 22 heavy (non-hydrogen) atoms. The Morgan fingerprint density at radius 2 is 2.05 bits per heavy atom. The third-order valence-electron chi connectivity index (χ3n) is 2.72. The molecule has 1 aromatic carbocycles. The highest BCUT2D eigenvalue weighted by Crippen LogP contribution is 2.36. The van der Waals surface area contributed by atoms with Gasteiger partial charge in [0.2, 0.25) is 0 Å². The van der Waals surface area contributed by atoms with Crippen LogP contribution in [0.3, 0.4) is 0 Å². The van der Waals surface area contributed by atoms with Gasteiger partial charge in [-0.15, -0.1) is 21.5 Å². The van der Waals surface area contributed by atoms with E-state index >= 15 is 0 Å². The third-order valence-corrected chi connectivity index (χ3v) is 6.94. The lowest BCUT2D eigenvalue weighted by molar-refractivity contribution is 0.299. The average molecular weight is 374 g/mol. The molecule has 3 rings (SSSR count). The maximum absolute atomic E-state index is 11.6. The highest BCUT2D eigenvalue weighted by atomic mass is 32.2. The van der Waals surface area contributed by atoms with Crippen molar-refractivity contribution in [3.8, 4) is 0 Å². The van der Waals surface area contributed by atoms with Gasteiger partial charge in [-0.2, -0.15) is 0 Å². The molecule has 10 heteroatoms. The molecule has 0 aliphatic rings. The zero-order valence-corrected chi connectivity index (χ0v) is 14.7. The number of benzene rings is 1. The van der Waals surface area contributed by atoms with Gasteiger partial charge >= 0.3 is 0 Å². The molecule has 1 N–H and O–H groups in total. The summed E-state index contributed by atoms with van der Waals surface area (Å²) in [6.45, 7) is 0.0503. The van der Waals surface area contributed by atoms with E-state index in [-0.39, 0.29) is 6.61 Å². The summed E-state index contributed by atoms with van der Waals surface area (Å²) >= 11 is 4.24. The number of nitrogens with zero attached hydrogens (tertiary/aromatic N) is 3. The van der Waals surface area contributed by atoms with Crippen LogP contribution in [-0.2, 0) is 16.3 Å². The molecule has 2 heterocycles. The number of fused-ring (bicyclic) bond motifs is 1. The Morgan fingerprint density at radius 1 is 1.23 bits per heavy atom. The smallest absolute Gasteiger partial charge is 0.181 e. The molecule has 0 bridgehead atoms. The number of hydrogen-bond donors (Lipinski definition) is 1. The molecule has 0 aliphatic carbocycles. The van der Waals surface area contributed by atoms with Crippen LogP contribution < -0.4 is 0 Å². The first-order valence-electron chi connectivity index (χ1n) is 6.17. The molecule has 3 aromatic rings. The van der Waals surface area contributed by atoms with E-state index in [0.717, 1.165) is 23.9 Å². The predicted octanol–water partition coefficient (Wildman–Crippen LogP) is 2.24. The second-order valence-corrected chi connectivity index (χ2v) is 10.0. The van der Waals surface area contributed by atoms with Crippen LogP contribution in [0.25, 0.3) is 10.2 Å². The first kappa shape index (κ1) is 15.8. The molecule has 0 saturated carbocycles. The number of aliphatic hydroxyl groups is 1. The minimum absolute atomic E-state index is 0.0503. The van der Waals surface area contributed by atoms with Crippen molar-refractivity contribution in [3.63, 3.8) is 0 Å². The van der Waals surface area contributed by atoms with Crippen LogP contribution in [0.4, 0.5) is 0 Å². The summed E-state index contributed by atoms with van der Waals surface area (Å²) in [7, 11) is -3.22. The molecule has 0 atom stereocenters. The van der Waals surface area contributed by atoms with Gasteiger partial charge in [-0.25, -0.2) is 13.4 Å². The fourth-order valence-corrected chi connectivity index (χ4v) is 5.62. The summed E-state index contributed by atoms with van der Waals surface area (Å²) < 4.78 is 25.5. The Hall–Kier alpha value is -1.07. The Morgan fingerprint density at radius 3 is 2.77 bits per heavy atom. The molecule has 0 fully saturated rings. The van der Waals surface area contributed by atoms with Gasteiger partial charge in [0.1, 0.15) is 5.01 Å². The summed E-state index contributed by atoms with van der Waals surface area (Å²) in [5.41, 5.74) is 0.764. The number of thiazole rings is 1. The van der Waals surface area contributed by atoms with Gasteiger partial charge in [0, 0.05) is 19.3 Å². The van der Waals surface area contributed by atoms with E-state index in [1.165, 1.54) is 40.7 Å². The average Bonchev–Trinajstić information content (AvgIpc) is 3.03. The van der Waals surface area contributed by atoms with E-state index in [1.807, 2.05) is 0 Å². The normalized spacial score (nSPS) is 12.1. The monoisotopic (exact) mass is 373 g/mol. The SMILES string of the molecule is CS(=O)(=O)c1ccc2nc(Sc3nnc(CCO)s3)sc2c1. The lowest BCUT2D eigenvalue weighted by atomic mass is 10.3. The topological polar surface area (TPSA) is 93.0 Å². The molecule has 0 spiro atoms. The van der Waals surface area contributed by atoms with Crippen LogP contribution in [0.5, 0.6) is 0 Å². The van der Waals surface area contributed by atoms with Crippen molar-refractivity contribution in [2.75, 3.05) is 12.9 Å². The van der Waals surface area contributed by atoms with Crippen molar-refractivity contribution in [1.82, 2.24) is 15.2 Å². The van der Waals surface area contributed by atoms with E-state index in [1.54, 1.807) is 18.2 Å². The number of hydrogen-bond acceptors (Lipinski definition) is 9. The zero-order valence-electron chi connectivity index (χ0n) is 11.4. The lowest BCUT2D eigenvalue weighted by Crippen LogP contribution is -1.95. The van der Waals surface area contributed by atoms with Crippen LogP contribution in [0, 0.1) is 0 Å². The third kappa shape index (κ3) is 3.46. The van der Waals surface area contributed by atoms with E-state index in [4.69, 9.17) is 5.11 Å². The fraction of sp³-hybridized carbons (Fsp3) is 0.250. The molecule has 0 unspecified atom stereocenters. The molecule has 2 aromatic heterocycles. The number of aromatic nitrogens is 3. The van der Waals surface area contributed by atoms with Gasteiger partial charge in [0.25, 0.3) is 0 Å². The minimum atomic E-state index is -3.22. The van der Waals surface area contributed by atoms with Gasteiger partial charge in [-0.3, -0.25) is 0 Å². The van der Waals surface area contributed by atoms with Crippen molar-refractivity contribution < 1.29 is 13.5 Å². The standard InChI is InChI=1S/C12H11N3O3S4/c1-22(17,18)7-2-3-8-9(6-7)19-11(13-8)21-12-15-14-10(20-12)4-5-16/h2-3,6,16H,4-5H2,1H3. The van der Waals surface area contributed by atoms with Gasteiger partial charge in [0.05, 0.1) is 15.1 Å². The molecular weight excluding hydrogens is 362 g/mol. The Kier molecular flexibility index (Phi) is 4.46. The summed E-state index contributed by atoms with van der Waals surface area (Å²) in [5.74, 6) is 0. The van der Waals surface area contributed by atoms with Gasteiger partial charge in [-0.1, -0.05) is 11.3 Å². The van der Waals surface area contributed by atoms with E-state index in [0.29, 0.717) is 11.3 Å². The molecule has 0 saturated heterocycles. The maximum atomic E-state index is 11.6. The lowest BCUT2D eigenvalue weighted by Gasteiger charge is -1.96. The van der Waals surface area contributed by atoms with Crippen LogP contribution in [0.2, 0.25) is 0 Å². The summed E-state index contributed by atoms with van der Waals surface area (Å²) in [5, 5.41) is 17.7. The second kappa shape index (κ2) is 6.20. The van der Waals surface area contributed by atoms with Crippen LogP contribution >= 0.6 is 34.4 Å². The first-order valence-corrected chi connectivity index (χ1v) is 10.5. The predicted molar refractivity (Wildman–Crippen MR) is 87.6 cm³/mol. The molecule has 0 amide bonds. The quantitative estimate of drug-likeness (QED) is 0.733. The van der Waals surface area contributed by atoms with Gasteiger partial charge in [0.15, 0.2) is 18.5 Å². The zero-order chi connectivity index (χ0) is 15.7. The minimum Gasteiger partial charge on any atom is -0.396 e. The Bertz CT molecular complexity index is 917. The maximum Gasteiger partial charge on any atom is 0.181 e. The Balaban J connectivity index is 1.88. The van der Waals surface area contributed by atoms with E-state index in [9.17, 15) is 8.42 Å². The molecule has 0 aliphatic heterocycles. The molecule has 116 valence electrons. The summed E-state index contributed by atoms with van der Waals surface area (Å²) in [6, 6.07) is 4.92. The number of sulfone groups is 1. The van der Waals surface area contributed by atoms with Crippen molar-refractivity contribution >= 4 is 54.5 Å². The fourth-order valence-electron chi connectivity index (χ4n) is 1.71. The summed E-state index contributed by atoms with van der Waals surface area (Å²) in [6.07, 6.45) is 1.69. The van der Waals surface area contributed by atoms with Gasteiger partial charge in [-0.05, 0) is 30.0 Å². The van der Waals surface area contributed by atoms with Crippen LogP contribution in [-0.4, -0.2) is 41.6 Å². The molecular formula is C12H11N3O3S4. The van der Waals surface area contributed by atoms with Crippen molar-refractivity contribution in [2.45, 2.75) is 20.0 Å². The van der Waals surface area contributed by atoms with Crippen LogP contribution in [0.1, 0.15) is 5.01 Å². The summed E-state index contributed by atoms with van der Waals surface area (Å²) in [4.78, 5) is 4.76.